The second kappa shape index (κ2) is 15.2. The van der Waals surface area contributed by atoms with E-state index in [0.29, 0.717) is 36.6 Å². The smallest absolute Gasteiger partial charge is 0.269 e. The van der Waals surface area contributed by atoms with E-state index in [1.165, 1.54) is 12.1 Å². The maximum Gasteiger partial charge on any atom is 0.269 e. The van der Waals surface area contributed by atoms with Crippen molar-refractivity contribution in [1.82, 2.24) is 19.8 Å². The van der Waals surface area contributed by atoms with Crippen LogP contribution in [-0.2, 0) is 24.3 Å². The molecule has 1 aromatic heterocycles. The van der Waals surface area contributed by atoms with Gasteiger partial charge in [0.1, 0.15) is 5.75 Å². The number of nitro groups is 1. The number of nitrogens with one attached hydrogen (secondary N) is 1. The van der Waals surface area contributed by atoms with Crippen LogP contribution >= 0.6 is 0 Å². The number of imidazole rings is 1. The molecule has 47 heavy (non-hydrogen) atoms. The average molecular weight is 634 g/mol. The summed E-state index contributed by atoms with van der Waals surface area (Å²) < 4.78 is 7.16. The first-order chi connectivity index (χ1) is 22.7. The second-order valence-corrected chi connectivity index (χ2v) is 11.7. The summed E-state index contributed by atoms with van der Waals surface area (Å²) in [5.41, 5.74) is 3.15. The van der Waals surface area contributed by atoms with Crippen LogP contribution in [0.15, 0.2) is 104 Å². The molecule has 1 N–H and O–H groups in total. The zero-order chi connectivity index (χ0) is 33.3. The summed E-state index contributed by atoms with van der Waals surface area (Å²) in [4.78, 5) is 44.3. The van der Waals surface area contributed by atoms with Crippen LogP contribution in [0.4, 0.5) is 5.69 Å². The number of non-ortho nitro benzene ring substituents is 1. The third kappa shape index (κ3) is 8.21. The molecule has 0 aliphatic rings. The molecule has 242 valence electrons. The quantitative estimate of drug-likeness (QED) is 0.111. The molecule has 2 amide bonds. The van der Waals surface area contributed by atoms with Crippen molar-refractivity contribution in [2.24, 2.45) is 5.92 Å². The molecule has 2 atom stereocenters. The van der Waals surface area contributed by atoms with E-state index in [2.05, 4.69) is 42.3 Å². The Morgan fingerprint density at radius 1 is 1.00 bits per heavy atom. The van der Waals surface area contributed by atoms with Crippen LogP contribution in [0.2, 0.25) is 0 Å². The van der Waals surface area contributed by atoms with Crippen LogP contribution in [-0.4, -0.2) is 50.9 Å². The third-order valence-corrected chi connectivity index (χ3v) is 8.60. The molecule has 0 radical (unpaired) electrons. The number of carbonyl (C=O) groups is 2. The Kier molecular flexibility index (Phi) is 10.6. The number of ether oxygens (including phenoxy) is 1. The first kappa shape index (κ1) is 32.9. The van der Waals surface area contributed by atoms with Crippen molar-refractivity contribution >= 4 is 28.3 Å². The van der Waals surface area contributed by atoms with Gasteiger partial charge < -0.3 is 19.5 Å². The standard InChI is InChI=1S/C37H39N5O5/c1-4-26(2)35(39-36(43)20-32-21-38-25-41(32)22-27-12-16-31(17-13-27)42(45)46)24-40(37(44)29-14-18-33(47-3)19-15-29)23-30-10-7-9-28-8-5-6-11-34(28)30/h5-19,21,25-26,35H,4,20,22-24H2,1-3H3,(H,39,43)/t26-,35+/m0/s1. The second-order valence-electron chi connectivity index (χ2n) is 11.7. The lowest BCUT2D eigenvalue weighted by molar-refractivity contribution is -0.384. The molecular weight excluding hydrogens is 594 g/mol. The number of nitrogens with zero attached hydrogens (tertiary/aromatic N) is 4. The summed E-state index contributed by atoms with van der Waals surface area (Å²) in [6.45, 7) is 5.26. The highest BCUT2D eigenvalue weighted by molar-refractivity contribution is 5.95. The SMILES string of the molecule is CC[C@H](C)[C@@H](CN(Cc1cccc2ccccc12)C(=O)c1ccc(OC)cc1)NC(=O)Cc1cncn1Cc1ccc([N+](=O)[O-])cc1. The van der Waals surface area contributed by atoms with E-state index < -0.39 is 4.92 Å². The molecule has 10 nitrogen and oxygen atoms in total. The lowest BCUT2D eigenvalue weighted by Gasteiger charge is -2.32. The Morgan fingerprint density at radius 2 is 1.72 bits per heavy atom. The van der Waals surface area contributed by atoms with Crippen LogP contribution in [0.25, 0.3) is 10.8 Å². The number of rotatable bonds is 14. The summed E-state index contributed by atoms with van der Waals surface area (Å²) in [6.07, 6.45) is 4.20. The first-order valence-corrected chi connectivity index (χ1v) is 15.7. The number of benzene rings is 4. The molecule has 0 aliphatic heterocycles. The van der Waals surface area contributed by atoms with Crippen LogP contribution in [0, 0.1) is 16.0 Å². The predicted molar refractivity (Wildman–Crippen MR) is 181 cm³/mol. The van der Waals surface area contributed by atoms with E-state index in [0.717, 1.165) is 28.3 Å². The monoisotopic (exact) mass is 633 g/mol. The lowest BCUT2D eigenvalue weighted by Crippen LogP contribution is -2.49. The maximum absolute atomic E-state index is 14.1. The zero-order valence-corrected chi connectivity index (χ0v) is 26.8. The van der Waals surface area contributed by atoms with Crippen LogP contribution in [0.5, 0.6) is 5.75 Å². The minimum Gasteiger partial charge on any atom is -0.497 e. The van der Waals surface area contributed by atoms with Crippen molar-refractivity contribution in [3.63, 3.8) is 0 Å². The fourth-order valence-corrected chi connectivity index (χ4v) is 5.64. The van der Waals surface area contributed by atoms with Gasteiger partial charge in [-0.05, 0) is 52.1 Å². The van der Waals surface area contributed by atoms with Gasteiger partial charge in [-0.2, -0.15) is 0 Å². The van der Waals surface area contributed by atoms with E-state index in [-0.39, 0.29) is 35.9 Å². The Balaban J connectivity index is 1.36. The van der Waals surface area contributed by atoms with Crippen LogP contribution in [0.1, 0.15) is 47.4 Å². The Labute approximate surface area is 274 Å². The van der Waals surface area contributed by atoms with Gasteiger partial charge in [0.15, 0.2) is 0 Å². The number of aromatic nitrogens is 2. The molecule has 10 heteroatoms. The van der Waals surface area contributed by atoms with Crippen LogP contribution < -0.4 is 10.1 Å². The van der Waals surface area contributed by atoms with Crippen molar-refractivity contribution in [2.75, 3.05) is 13.7 Å². The normalized spacial score (nSPS) is 12.3. The molecule has 0 saturated carbocycles. The summed E-state index contributed by atoms with van der Waals surface area (Å²) in [5.74, 6) is 0.439. The van der Waals surface area contributed by atoms with Crippen molar-refractivity contribution in [2.45, 2.75) is 45.8 Å². The molecule has 5 aromatic rings. The molecule has 0 bridgehead atoms. The number of hydrogen-bond donors (Lipinski definition) is 1. The zero-order valence-electron chi connectivity index (χ0n) is 26.8. The topological polar surface area (TPSA) is 120 Å². The molecule has 5 rings (SSSR count). The average Bonchev–Trinajstić information content (AvgIpc) is 3.52. The fourth-order valence-electron chi connectivity index (χ4n) is 5.64. The lowest BCUT2D eigenvalue weighted by atomic mass is 9.97. The molecule has 0 spiro atoms. The number of hydrogen-bond acceptors (Lipinski definition) is 6. The Hall–Kier alpha value is -5.51. The van der Waals surface area contributed by atoms with Gasteiger partial charge in [-0.25, -0.2) is 4.98 Å². The predicted octanol–water partition coefficient (Wildman–Crippen LogP) is 6.42. The highest BCUT2D eigenvalue weighted by Crippen LogP contribution is 2.23. The highest BCUT2D eigenvalue weighted by Gasteiger charge is 2.26. The maximum atomic E-state index is 14.1. The van der Waals surface area contributed by atoms with Crippen molar-refractivity contribution in [3.05, 3.63) is 136 Å². The molecule has 1 heterocycles. The number of carbonyl (C=O) groups excluding carboxylic acids is 2. The first-order valence-electron chi connectivity index (χ1n) is 15.7. The minimum absolute atomic E-state index is 0.0232. The van der Waals surface area contributed by atoms with Crippen LogP contribution in [0.3, 0.4) is 0 Å². The summed E-state index contributed by atoms with van der Waals surface area (Å²) >= 11 is 0. The largest absolute Gasteiger partial charge is 0.497 e. The van der Waals surface area contributed by atoms with Crippen molar-refractivity contribution < 1.29 is 19.2 Å². The molecular formula is C37H39N5O5. The fraction of sp³-hybridized carbons (Fsp3) is 0.270. The van der Waals surface area contributed by atoms with Crippen molar-refractivity contribution in [1.29, 1.82) is 0 Å². The van der Waals surface area contributed by atoms with Gasteiger partial charge in [-0.1, -0.05) is 74.9 Å². The summed E-state index contributed by atoms with van der Waals surface area (Å²) in [6, 6.07) is 27.3. The van der Waals surface area contributed by atoms with E-state index in [1.807, 2.05) is 33.7 Å². The van der Waals surface area contributed by atoms with Gasteiger partial charge >= 0.3 is 0 Å². The van der Waals surface area contributed by atoms with Gasteiger partial charge in [-0.3, -0.25) is 19.7 Å². The Bertz CT molecular complexity index is 1830. The van der Waals surface area contributed by atoms with E-state index in [4.69, 9.17) is 4.74 Å². The van der Waals surface area contributed by atoms with E-state index in [1.54, 1.807) is 56.0 Å². The van der Waals surface area contributed by atoms with Gasteiger partial charge in [-0.15, -0.1) is 0 Å². The number of fused-ring (bicyclic) bond motifs is 1. The van der Waals surface area contributed by atoms with Crippen molar-refractivity contribution in [3.8, 4) is 5.75 Å². The highest BCUT2D eigenvalue weighted by atomic mass is 16.6. The van der Waals surface area contributed by atoms with E-state index in [9.17, 15) is 19.7 Å². The van der Waals surface area contributed by atoms with Gasteiger partial charge in [0.2, 0.25) is 5.91 Å². The molecule has 0 fully saturated rings. The summed E-state index contributed by atoms with van der Waals surface area (Å²) in [7, 11) is 1.59. The number of methoxy groups -OCH3 is 1. The molecule has 0 unspecified atom stereocenters. The number of amides is 2. The Morgan fingerprint density at radius 3 is 2.43 bits per heavy atom. The van der Waals surface area contributed by atoms with E-state index >= 15 is 0 Å². The minimum atomic E-state index is -0.432. The van der Waals surface area contributed by atoms with Gasteiger partial charge in [0, 0.05) is 55.3 Å². The summed E-state index contributed by atoms with van der Waals surface area (Å²) in [5, 5.41) is 16.4. The molecule has 0 saturated heterocycles. The molecule has 0 aliphatic carbocycles. The van der Waals surface area contributed by atoms with Gasteiger partial charge in [0.05, 0.1) is 24.8 Å². The number of nitro benzene ring substituents is 1. The third-order valence-electron chi connectivity index (χ3n) is 8.60. The molecule has 4 aromatic carbocycles. The van der Waals surface area contributed by atoms with Gasteiger partial charge in [0.25, 0.3) is 11.6 Å².